The lowest BCUT2D eigenvalue weighted by Crippen LogP contribution is -2.28. The third-order valence-electron chi connectivity index (χ3n) is 6.52. The summed E-state index contributed by atoms with van der Waals surface area (Å²) < 4.78 is 17.3. The van der Waals surface area contributed by atoms with Crippen LogP contribution >= 0.6 is 11.9 Å². The van der Waals surface area contributed by atoms with Gasteiger partial charge in [-0.25, -0.2) is 10.2 Å². The predicted octanol–water partition coefficient (Wildman–Crippen LogP) is 5.54. The van der Waals surface area contributed by atoms with Crippen LogP contribution in [0.15, 0.2) is 53.6 Å². The SMILES string of the molecule is CC(=O)c1[nH]c2ccc(F)cc2c1/C(N)=C/N(N)CCCCCN(C)CCNSc1ccc(CC(C)C)cc1. The molecule has 0 amide bonds. The van der Waals surface area contributed by atoms with E-state index in [1.807, 2.05) is 0 Å². The van der Waals surface area contributed by atoms with Gasteiger partial charge in [-0.3, -0.25) is 9.52 Å². The summed E-state index contributed by atoms with van der Waals surface area (Å²) in [5.41, 5.74) is 9.53. The minimum absolute atomic E-state index is 0.171. The van der Waals surface area contributed by atoms with Crippen LogP contribution in [0.25, 0.3) is 16.6 Å². The molecule has 0 fully saturated rings. The number of carbonyl (C=O) groups excluding carboxylic acids is 1. The zero-order valence-corrected chi connectivity index (χ0v) is 24.4. The van der Waals surface area contributed by atoms with Crippen LogP contribution in [-0.2, 0) is 6.42 Å². The van der Waals surface area contributed by atoms with Gasteiger partial charge in [-0.15, -0.1) is 0 Å². The van der Waals surface area contributed by atoms with Gasteiger partial charge in [0.2, 0.25) is 0 Å². The highest BCUT2D eigenvalue weighted by molar-refractivity contribution is 7.97. The number of halogens is 1. The van der Waals surface area contributed by atoms with Crippen molar-refractivity contribution >= 4 is 34.3 Å². The highest BCUT2D eigenvalue weighted by atomic mass is 32.2. The minimum atomic E-state index is -0.387. The van der Waals surface area contributed by atoms with Crippen molar-refractivity contribution in [3.8, 4) is 0 Å². The van der Waals surface area contributed by atoms with Gasteiger partial charge in [-0.05, 0) is 86.6 Å². The van der Waals surface area contributed by atoms with Gasteiger partial charge in [0.1, 0.15) is 5.82 Å². The molecule has 2 aromatic carbocycles. The first kappa shape index (κ1) is 30.7. The molecule has 9 heteroatoms. The predicted molar refractivity (Wildman–Crippen MR) is 162 cm³/mol. The topological polar surface area (TPSA) is 103 Å². The lowest BCUT2D eigenvalue weighted by molar-refractivity contribution is 0.101. The van der Waals surface area contributed by atoms with Crippen molar-refractivity contribution in [2.75, 3.05) is 33.2 Å². The van der Waals surface area contributed by atoms with Crippen molar-refractivity contribution < 1.29 is 9.18 Å². The molecule has 3 aromatic rings. The molecule has 7 nitrogen and oxygen atoms in total. The van der Waals surface area contributed by atoms with Crippen molar-refractivity contribution in [1.82, 2.24) is 19.6 Å². The zero-order valence-electron chi connectivity index (χ0n) is 23.6. The molecule has 39 heavy (non-hydrogen) atoms. The van der Waals surface area contributed by atoms with Crippen LogP contribution in [-0.4, -0.2) is 53.9 Å². The zero-order chi connectivity index (χ0) is 28.4. The summed E-state index contributed by atoms with van der Waals surface area (Å²) in [5, 5.41) is 2.11. The number of hydrazine groups is 1. The summed E-state index contributed by atoms with van der Waals surface area (Å²) >= 11 is 1.68. The molecule has 6 N–H and O–H groups in total. The van der Waals surface area contributed by atoms with E-state index in [1.54, 1.807) is 24.2 Å². The van der Waals surface area contributed by atoms with Crippen LogP contribution in [0.3, 0.4) is 0 Å². The van der Waals surface area contributed by atoms with E-state index >= 15 is 0 Å². The lowest BCUT2D eigenvalue weighted by atomic mass is 10.0. The van der Waals surface area contributed by atoms with E-state index in [-0.39, 0.29) is 11.6 Å². The summed E-state index contributed by atoms with van der Waals surface area (Å²) in [4.78, 5) is 18.7. The summed E-state index contributed by atoms with van der Waals surface area (Å²) in [6, 6.07) is 13.1. The molecule has 0 atom stereocenters. The molecule has 0 saturated heterocycles. The van der Waals surface area contributed by atoms with Gasteiger partial charge >= 0.3 is 0 Å². The number of nitrogens with zero attached hydrogens (tertiary/aromatic N) is 2. The Morgan fingerprint density at radius 2 is 1.82 bits per heavy atom. The third kappa shape index (κ3) is 9.69. The maximum Gasteiger partial charge on any atom is 0.176 e. The highest BCUT2D eigenvalue weighted by Gasteiger charge is 2.18. The normalized spacial score (nSPS) is 12.2. The van der Waals surface area contributed by atoms with E-state index in [0.29, 0.717) is 40.3 Å². The van der Waals surface area contributed by atoms with Crippen LogP contribution in [0.5, 0.6) is 0 Å². The summed E-state index contributed by atoms with van der Waals surface area (Å²) in [6.07, 6.45) is 5.76. The molecule has 0 aliphatic heterocycles. The Kier molecular flexibility index (Phi) is 11.9. The van der Waals surface area contributed by atoms with Crippen LogP contribution in [0.1, 0.15) is 61.6 Å². The molecule has 0 spiro atoms. The van der Waals surface area contributed by atoms with Gasteiger partial charge in [0.05, 0.1) is 11.4 Å². The van der Waals surface area contributed by atoms with Crippen LogP contribution in [0.2, 0.25) is 0 Å². The average Bonchev–Trinajstić information content (AvgIpc) is 3.26. The van der Waals surface area contributed by atoms with Crippen LogP contribution in [0, 0.1) is 11.7 Å². The number of benzene rings is 2. The Hall–Kier alpha value is -2.85. The van der Waals surface area contributed by atoms with Gasteiger partial charge in [-0.1, -0.05) is 32.4 Å². The lowest BCUT2D eigenvalue weighted by Gasteiger charge is -2.18. The quantitative estimate of drug-likeness (QED) is 0.0606. The van der Waals surface area contributed by atoms with Gasteiger partial charge in [0, 0.05) is 54.1 Å². The minimum Gasteiger partial charge on any atom is -0.397 e. The summed E-state index contributed by atoms with van der Waals surface area (Å²) in [7, 11) is 2.14. The second kappa shape index (κ2) is 15.1. The number of nitrogens with one attached hydrogen (secondary N) is 2. The molecule has 0 saturated carbocycles. The van der Waals surface area contributed by atoms with E-state index in [0.717, 1.165) is 45.3 Å². The molecule has 3 rings (SSSR count). The number of aromatic nitrogens is 1. The first-order valence-electron chi connectivity index (χ1n) is 13.6. The molecule has 1 aromatic heterocycles. The number of ketones is 1. The van der Waals surface area contributed by atoms with E-state index in [4.69, 9.17) is 11.6 Å². The fourth-order valence-corrected chi connectivity index (χ4v) is 5.17. The maximum absolute atomic E-state index is 13.8. The number of unbranched alkanes of at least 4 members (excludes halogenated alkanes) is 2. The van der Waals surface area contributed by atoms with E-state index < -0.39 is 0 Å². The molecular formula is C30H43FN6OS. The third-order valence-corrected chi connectivity index (χ3v) is 7.37. The van der Waals surface area contributed by atoms with Gasteiger partial charge in [-0.2, -0.15) is 0 Å². The van der Waals surface area contributed by atoms with Gasteiger partial charge < -0.3 is 20.6 Å². The van der Waals surface area contributed by atoms with E-state index in [1.165, 1.54) is 34.5 Å². The van der Waals surface area contributed by atoms with Gasteiger partial charge in [0.15, 0.2) is 5.78 Å². The van der Waals surface area contributed by atoms with E-state index in [2.05, 4.69) is 59.8 Å². The number of rotatable bonds is 16. The highest BCUT2D eigenvalue weighted by Crippen LogP contribution is 2.28. The molecule has 0 radical (unpaired) electrons. The Balaban J connectivity index is 1.35. The Morgan fingerprint density at radius 1 is 1.10 bits per heavy atom. The van der Waals surface area contributed by atoms with Crippen molar-refractivity contribution in [3.63, 3.8) is 0 Å². The fourth-order valence-electron chi connectivity index (χ4n) is 4.54. The number of H-pyrrole nitrogens is 1. The number of hydrogen-bond acceptors (Lipinski definition) is 7. The average molecular weight is 555 g/mol. The fraction of sp³-hybridized carbons (Fsp3) is 0.433. The van der Waals surface area contributed by atoms with Crippen LogP contribution < -0.4 is 16.3 Å². The smallest absolute Gasteiger partial charge is 0.176 e. The number of fused-ring (bicyclic) bond motifs is 1. The largest absolute Gasteiger partial charge is 0.397 e. The number of hydrogen-bond donors (Lipinski definition) is 4. The number of nitrogens with two attached hydrogens (primary N) is 2. The van der Waals surface area contributed by atoms with Gasteiger partial charge in [0.25, 0.3) is 0 Å². The first-order valence-corrected chi connectivity index (χ1v) is 14.4. The maximum atomic E-state index is 13.8. The number of Topliss-reactive ketones (excluding diaryl/α,β-unsaturated/α-hetero) is 1. The molecule has 0 aliphatic carbocycles. The van der Waals surface area contributed by atoms with E-state index in [9.17, 15) is 9.18 Å². The first-order chi connectivity index (χ1) is 18.6. The Bertz CT molecular complexity index is 1240. The van der Waals surface area contributed by atoms with Crippen molar-refractivity contribution in [1.29, 1.82) is 0 Å². The molecule has 0 unspecified atom stereocenters. The monoisotopic (exact) mass is 554 g/mol. The second-order valence-corrected chi connectivity index (χ2v) is 11.5. The number of carbonyl (C=O) groups is 1. The Labute approximate surface area is 236 Å². The van der Waals surface area contributed by atoms with Crippen molar-refractivity contribution in [2.45, 2.75) is 51.3 Å². The molecule has 0 aliphatic rings. The summed E-state index contributed by atoms with van der Waals surface area (Å²) in [5.74, 6) is 6.28. The summed E-state index contributed by atoms with van der Waals surface area (Å²) in [6.45, 7) is 9.47. The Morgan fingerprint density at radius 3 is 2.51 bits per heavy atom. The molecule has 212 valence electrons. The number of likely N-dealkylation sites (N-methyl/N-ethyl adjacent to an activating group) is 1. The second-order valence-electron chi connectivity index (χ2n) is 10.5. The standard InChI is InChI=1S/C30H43FN6OS/c1-21(2)18-23-8-11-25(12-9-23)39-34-14-17-36(4)15-6-5-7-16-37(33)20-27(32)29-26-19-24(31)10-13-28(26)35-30(29)22(3)38/h8-13,19-21,34-35H,5-7,14-18,32-33H2,1-4H3/b27-20-. The van der Waals surface area contributed by atoms with Crippen LogP contribution in [0.4, 0.5) is 4.39 Å². The molecular weight excluding hydrogens is 511 g/mol. The van der Waals surface area contributed by atoms with Crippen molar-refractivity contribution in [2.24, 2.45) is 17.5 Å². The molecule has 1 heterocycles. The number of aromatic amines is 1. The molecule has 0 bridgehead atoms. The van der Waals surface area contributed by atoms with Crippen molar-refractivity contribution in [3.05, 3.63) is 71.3 Å².